The molecule has 172 valence electrons. The van der Waals surface area contributed by atoms with Crippen LogP contribution in [0.15, 0.2) is 35.3 Å². The predicted octanol–water partition coefficient (Wildman–Crippen LogP) is 4.11. The van der Waals surface area contributed by atoms with Crippen molar-refractivity contribution in [2.45, 2.75) is 38.1 Å². The highest BCUT2D eigenvalue weighted by atomic mass is 35.5. The lowest BCUT2D eigenvalue weighted by Crippen LogP contribution is -2.54. The molecule has 0 unspecified atom stereocenters. The van der Waals surface area contributed by atoms with Crippen molar-refractivity contribution in [1.29, 1.82) is 5.26 Å². The fraction of sp³-hybridized carbons (Fsp3) is 0.391. The number of carbonyl (C=O) groups excluding carboxylic acids is 2. The number of ether oxygens (including phenoxy) is 1. The van der Waals surface area contributed by atoms with Gasteiger partial charge in [-0.15, -0.1) is 11.3 Å². The van der Waals surface area contributed by atoms with Gasteiger partial charge in [-0.1, -0.05) is 24.4 Å². The maximum absolute atomic E-state index is 13.3. The van der Waals surface area contributed by atoms with Crippen LogP contribution < -0.4 is 15.5 Å². The highest BCUT2D eigenvalue weighted by molar-refractivity contribution is 7.18. The van der Waals surface area contributed by atoms with E-state index >= 15 is 0 Å². The first kappa shape index (κ1) is 23.2. The van der Waals surface area contributed by atoms with Crippen molar-refractivity contribution in [3.05, 3.63) is 45.1 Å². The molecule has 2 N–H and O–H groups in total. The van der Waals surface area contributed by atoms with Gasteiger partial charge in [-0.3, -0.25) is 9.59 Å². The lowest BCUT2D eigenvalue weighted by molar-refractivity contribution is -0.122. The lowest BCUT2D eigenvalue weighted by Gasteiger charge is -2.31. The summed E-state index contributed by atoms with van der Waals surface area (Å²) in [6.07, 6.45) is 4.74. The van der Waals surface area contributed by atoms with E-state index in [9.17, 15) is 9.59 Å². The van der Waals surface area contributed by atoms with Crippen LogP contribution in [0.3, 0.4) is 0 Å². The van der Waals surface area contributed by atoms with Crippen LogP contribution in [-0.4, -0.2) is 42.9 Å². The first-order chi connectivity index (χ1) is 15.9. The number of hydrogen-bond donors (Lipinski definition) is 2. The van der Waals surface area contributed by atoms with Crippen LogP contribution in [0.4, 0.5) is 11.4 Å². The fourth-order valence-electron chi connectivity index (χ4n) is 4.33. The van der Waals surface area contributed by atoms with Crippen LogP contribution in [0.1, 0.15) is 40.9 Å². The third-order valence-corrected chi connectivity index (χ3v) is 7.20. The topological polar surface area (TPSA) is 107 Å². The number of thiophene rings is 1. The molecule has 4 rings (SSSR count). The number of aliphatic imine (C=N–C) groups is 1. The minimum atomic E-state index is -0.947. The quantitative estimate of drug-likeness (QED) is 0.620. The summed E-state index contributed by atoms with van der Waals surface area (Å²) in [6, 6.07) is 8.95. The van der Waals surface area contributed by atoms with Crippen molar-refractivity contribution in [3.8, 4) is 6.19 Å². The summed E-state index contributed by atoms with van der Waals surface area (Å²) in [5, 5.41) is 14.9. The first-order valence-corrected chi connectivity index (χ1v) is 11.9. The van der Waals surface area contributed by atoms with Gasteiger partial charge in [0.1, 0.15) is 18.0 Å². The molecule has 0 atom stereocenters. The number of nitrogens with zero attached hydrogens (tertiary/aromatic N) is 3. The first-order valence-electron chi connectivity index (χ1n) is 10.7. The van der Waals surface area contributed by atoms with Crippen LogP contribution in [0, 0.1) is 18.4 Å². The normalized spacial score (nSPS) is 18.7. The number of halogens is 1. The van der Waals surface area contributed by atoms with E-state index in [2.05, 4.69) is 15.6 Å². The summed E-state index contributed by atoms with van der Waals surface area (Å²) in [4.78, 5) is 32.4. The third kappa shape index (κ3) is 5.03. The highest BCUT2D eigenvalue weighted by Gasteiger charge is 2.43. The molecule has 1 aliphatic carbocycles. The molecule has 8 nitrogen and oxygen atoms in total. The van der Waals surface area contributed by atoms with E-state index in [-0.39, 0.29) is 18.4 Å². The van der Waals surface area contributed by atoms with Crippen molar-refractivity contribution >= 4 is 52.0 Å². The monoisotopic (exact) mass is 485 g/mol. The summed E-state index contributed by atoms with van der Waals surface area (Å²) in [5.74, 6) is 0.0540. The predicted molar refractivity (Wildman–Crippen MR) is 129 cm³/mol. The zero-order valence-corrected chi connectivity index (χ0v) is 19.8. The van der Waals surface area contributed by atoms with Gasteiger partial charge in [-0.25, -0.2) is 0 Å². The molecule has 10 heteroatoms. The third-order valence-electron chi connectivity index (χ3n) is 5.97. The molecule has 33 heavy (non-hydrogen) atoms. The molecule has 0 radical (unpaired) electrons. The number of benzene rings is 1. The van der Waals surface area contributed by atoms with Gasteiger partial charge in [0.05, 0.1) is 15.8 Å². The largest absolute Gasteiger partial charge is 0.372 e. The van der Waals surface area contributed by atoms with Crippen LogP contribution in [-0.2, 0) is 9.53 Å². The summed E-state index contributed by atoms with van der Waals surface area (Å²) < 4.78 is 5.95. The van der Waals surface area contributed by atoms with E-state index < -0.39 is 5.54 Å². The molecule has 1 aliphatic heterocycles. The van der Waals surface area contributed by atoms with Gasteiger partial charge in [-0.2, -0.15) is 10.3 Å². The summed E-state index contributed by atoms with van der Waals surface area (Å²) in [5.41, 5.74) is 1.53. The Kier molecular flexibility index (Phi) is 6.98. The summed E-state index contributed by atoms with van der Waals surface area (Å²) in [7, 11) is 0. The molecule has 2 aliphatic rings. The molecule has 2 amide bonds. The summed E-state index contributed by atoms with van der Waals surface area (Å²) in [6.45, 7) is 3.36. The smallest absolute Gasteiger partial charge is 0.262 e. The number of hydrogen-bond acceptors (Lipinski definition) is 6. The van der Waals surface area contributed by atoms with E-state index in [1.165, 1.54) is 11.3 Å². The standard InChI is InChI=1S/C23H24ClN5O3S/c1-15-12-16(4-5-17(15)29-10-11-32-13-20(29)26-14-25)27-22(31)23(8-2-3-9-23)28-21(30)18-6-7-19(24)33-18/h4-7,12H,2-3,8-11,13H2,1H3,(H,27,31)(H,28,30). The Morgan fingerprint density at radius 2 is 2.06 bits per heavy atom. The second kappa shape index (κ2) is 9.91. The van der Waals surface area contributed by atoms with Crippen molar-refractivity contribution in [3.63, 3.8) is 0 Å². The Balaban J connectivity index is 1.51. The number of rotatable bonds is 5. The maximum Gasteiger partial charge on any atom is 0.262 e. The van der Waals surface area contributed by atoms with Gasteiger partial charge in [0.15, 0.2) is 0 Å². The fourth-order valence-corrected chi connectivity index (χ4v) is 5.26. The molecule has 1 saturated carbocycles. The van der Waals surface area contributed by atoms with Crippen molar-refractivity contribution in [2.24, 2.45) is 4.99 Å². The van der Waals surface area contributed by atoms with E-state index in [0.717, 1.165) is 24.1 Å². The van der Waals surface area contributed by atoms with Gasteiger partial charge in [0.25, 0.3) is 5.91 Å². The number of aryl methyl sites for hydroxylation is 1. The lowest BCUT2D eigenvalue weighted by atomic mass is 9.95. The molecule has 1 aromatic heterocycles. The zero-order valence-electron chi connectivity index (χ0n) is 18.2. The van der Waals surface area contributed by atoms with Crippen molar-refractivity contribution in [1.82, 2.24) is 5.32 Å². The van der Waals surface area contributed by atoms with Gasteiger partial charge < -0.3 is 20.3 Å². The van der Waals surface area contributed by atoms with Gasteiger partial charge in [-0.05, 0) is 55.7 Å². The van der Waals surface area contributed by atoms with Gasteiger partial charge >= 0.3 is 0 Å². The molecule has 2 fully saturated rings. The number of morpholine rings is 1. The van der Waals surface area contributed by atoms with Crippen molar-refractivity contribution < 1.29 is 14.3 Å². The van der Waals surface area contributed by atoms with Crippen molar-refractivity contribution in [2.75, 3.05) is 30.0 Å². The number of nitrogens with one attached hydrogen (secondary N) is 2. The van der Waals surface area contributed by atoms with E-state index in [1.54, 1.807) is 12.1 Å². The maximum atomic E-state index is 13.3. The molecule has 0 spiro atoms. The van der Waals surface area contributed by atoms with E-state index in [0.29, 0.717) is 46.7 Å². The second-order valence-corrected chi connectivity index (χ2v) is 9.85. The zero-order chi connectivity index (χ0) is 23.4. The van der Waals surface area contributed by atoms with Crippen LogP contribution in [0.5, 0.6) is 0 Å². The molecular formula is C23H24ClN5O3S. The average Bonchev–Trinajstić information content (AvgIpc) is 3.45. The SMILES string of the molecule is Cc1cc(NC(=O)C2(NC(=O)c3ccc(Cl)s3)CCCC2)ccc1N1CCOCC1=NC#N. The van der Waals surface area contributed by atoms with Gasteiger partial charge in [0.2, 0.25) is 12.1 Å². The molecular weight excluding hydrogens is 462 g/mol. The number of anilines is 2. The van der Waals surface area contributed by atoms with E-state index in [1.807, 2.05) is 36.2 Å². The minimum Gasteiger partial charge on any atom is -0.372 e. The van der Waals surface area contributed by atoms with Crippen LogP contribution in [0.2, 0.25) is 4.34 Å². The second-order valence-electron chi connectivity index (χ2n) is 8.13. The Hall–Kier alpha value is -2.93. The highest BCUT2D eigenvalue weighted by Crippen LogP contribution is 2.33. The molecule has 2 aromatic rings. The number of nitriles is 1. The number of carbonyl (C=O) groups is 2. The van der Waals surface area contributed by atoms with Crippen LogP contribution >= 0.6 is 22.9 Å². The summed E-state index contributed by atoms with van der Waals surface area (Å²) >= 11 is 7.15. The Labute approximate surface area is 201 Å². The molecule has 1 aromatic carbocycles. The van der Waals surface area contributed by atoms with Crippen LogP contribution in [0.25, 0.3) is 0 Å². The minimum absolute atomic E-state index is 0.221. The Morgan fingerprint density at radius 1 is 1.27 bits per heavy atom. The average molecular weight is 486 g/mol. The Bertz CT molecular complexity index is 1130. The van der Waals surface area contributed by atoms with Gasteiger partial charge in [0, 0.05) is 17.9 Å². The molecule has 0 bridgehead atoms. The number of amidine groups is 1. The number of amides is 2. The van der Waals surface area contributed by atoms with E-state index in [4.69, 9.17) is 21.6 Å². The molecule has 1 saturated heterocycles. The Morgan fingerprint density at radius 3 is 2.73 bits per heavy atom. The molecule has 2 heterocycles.